The van der Waals surface area contributed by atoms with Crippen molar-refractivity contribution in [2.45, 2.75) is 44.1 Å². The maximum absolute atomic E-state index is 3.65. The summed E-state index contributed by atoms with van der Waals surface area (Å²) in [5.41, 5.74) is 4.26. The van der Waals surface area contributed by atoms with Gasteiger partial charge in [0.25, 0.3) is 0 Å². The van der Waals surface area contributed by atoms with Gasteiger partial charge in [-0.3, -0.25) is 0 Å². The molecule has 2 N–H and O–H groups in total. The van der Waals surface area contributed by atoms with Gasteiger partial charge in [-0.2, -0.15) is 0 Å². The number of hydrogen-bond donors (Lipinski definition) is 2. The summed E-state index contributed by atoms with van der Waals surface area (Å²) in [7, 11) is -0.612. The molecule has 0 aliphatic heterocycles. The van der Waals surface area contributed by atoms with Gasteiger partial charge in [0.1, 0.15) is 0 Å². The molecule has 2 nitrogen and oxygen atoms in total. The first-order valence-corrected chi connectivity index (χ1v) is 23.4. The van der Waals surface area contributed by atoms with Crippen molar-refractivity contribution in [3.05, 3.63) is 249 Å². The van der Waals surface area contributed by atoms with Gasteiger partial charge >= 0.3 is 0 Å². The molecule has 9 aromatic carbocycles. The van der Waals surface area contributed by atoms with E-state index in [-0.39, 0.29) is 32.7 Å². The highest BCUT2D eigenvalue weighted by Crippen LogP contribution is 2.36. The quantitative estimate of drug-likeness (QED) is 0.113. The topological polar surface area (TPSA) is 24.1 Å². The Morgan fingerprint density at radius 3 is 0.492 bits per heavy atom. The van der Waals surface area contributed by atoms with Crippen LogP contribution in [-0.4, -0.2) is 0 Å². The second-order valence-electron chi connectivity index (χ2n) is 13.8. The smallest absolute Gasteiger partial charge is 0.166 e. The van der Waals surface area contributed by atoms with Crippen molar-refractivity contribution in [1.29, 1.82) is 0 Å². The lowest BCUT2D eigenvalue weighted by molar-refractivity contribution is 1.31. The lowest BCUT2D eigenvalue weighted by Gasteiger charge is -2.12. The van der Waals surface area contributed by atoms with Crippen molar-refractivity contribution >= 4 is 55.4 Å². The molecule has 0 spiro atoms. The molecule has 0 bridgehead atoms. The van der Waals surface area contributed by atoms with Crippen molar-refractivity contribution in [2.75, 3.05) is 10.6 Å². The molecule has 0 aliphatic rings. The van der Waals surface area contributed by atoms with Crippen LogP contribution in [0.2, 0.25) is 0 Å². The van der Waals surface area contributed by atoms with Crippen LogP contribution in [-0.2, 0) is 32.7 Å². The van der Waals surface area contributed by atoms with E-state index >= 15 is 0 Å². The van der Waals surface area contributed by atoms with Gasteiger partial charge in [0.15, 0.2) is 44.1 Å². The number of anilines is 4. The maximum Gasteiger partial charge on any atom is 0.166 e. The minimum atomic E-state index is -0.268. The standard InChI is InChI=1S/C54H43N2S3/c1-6-16-46(17-7-1)57(47-18-8-2-9-19-47)51-34-26-42(27-35-51)55-44-30-38-53(39-31-44)59(50-24-14-5-15-25-50)54-40-32-45(33-41-54)56-43-28-36-52(37-29-43)58(48-20-10-3-11-21-48)49-22-12-4-13-23-49/h1-41,55-56H/q+3. The van der Waals surface area contributed by atoms with Gasteiger partial charge in [-0.15, -0.1) is 0 Å². The zero-order valence-electron chi connectivity index (χ0n) is 32.4. The van der Waals surface area contributed by atoms with Crippen molar-refractivity contribution in [3.63, 3.8) is 0 Å². The Kier molecular flexibility index (Phi) is 12.0. The molecule has 0 unspecified atom stereocenters. The van der Waals surface area contributed by atoms with E-state index in [0.717, 1.165) is 22.7 Å². The van der Waals surface area contributed by atoms with E-state index in [2.05, 4.69) is 259 Å². The average molecular weight is 816 g/mol. The van der Waals surface area contributed by atoms with Crippen LogP contribution >= 0.6 is 0 Å². The van der Waals surface area contributed by atoms with Crippen molar-refractivity contribution < 1.29 is 0 Å². The second kappa shape index (κ2) is 18.5. The van der Waals surface area contributed by atoms with E-state index in [4.69, 9.17) is 0 Å². The number of hydrogen-bond acceptors (Lipinski definition) is 2. The van der Waals surface area contributed by atoms with E-state index in [1.807, 2.05) is 0 Å². The van der Waals surface area contributed by atoms with Gasteiger partial charge in [0.2, 0.25) is 0 Å². The summed E-state index contributed by atoms with van der Waals surface area (Å²) in [6.07, 6.45) is 0. The summed E-state index contributed by atoms with van der Waals surface area (Å²) in [6.45, 7) is 0. The van der Waals surface area contributed by atoms with Crippen molar-refractivity contribution in [1.82, 2.24) is 0 Å². The fourth-order valence-corrected chi connectivity index (χ4v) is 13.3. The van der Waals surface area contributed by atoms with E-state index in [0.29, 0.717) is 0 Å². The Balaban J connectivity index is 0.906. The summed E-state index contributed by atoms with van der Waals surface area (Å²) in [4.78, 5) is 11.7. The van der Waals surface area contributed by atoms with Crippen molar-refractivity contribution in [3.8, 4) is 0 Å². The minimum Gasteiger partial charge on any atom is -0.356 e. The third-order valence-corrected chi connectivity index (χ3v) is 16.5. The Labute approximate surface area is 356 Å². The molecule has 0 aromatic heterocycles. The van der Waals surface area contributed by atoms with E-state index < -0.39 is 0 Å². The average Bonchev–Trinajstić information content (AvgIpc) is 3.31. The molecular weight excluding hydrogens is 773 g/mol. The number of nitrogens with one attached hydrogen (secondary N) is 2. The van der Waals surface area contributed by atoms with Gasteiger partial charge in [0.05, 0.1) is 32.7 Å². The third-order valence-electron chi connectivity index (χ3n) is 9.83. The molecule has 0 radical (unpaired) electrons. The fourth-order valence-electron chi connectivity index (χ4n) is 7.04. The summed E-state index contributed by atoms with van der Waals surface area (Å²) >= 11 is 0. The molecule has 0 saturated heterocycles. The second-order valence-corrected chi connectivity index (χ2v) is 19.9. The lowest BCUT2D eigenvalue weighted by Crippen LogP contribution is -2.05. The highest BCUT2D eigenvalue weighted by Gasteiger charge is 2.31. The minimum absolute atomic E-state index is 0.172. The highest BCUT2D eigenvalue weighted by molar-refractivity contribution is 7.97. The first-order valence-electron chi connectivity index (χ1n) is 19.7. The Morgan fingerprint density at radius 1 is 0.169 bits per heavy atom. The molecule has 0 fully saturated rings. The Hall–Kier alpha value is -6.37. The molecule has 9 aromatic rings. The molecule has 0 heterocycles. The summed E-state index contributed by atoms with van der Waals surface area (Å²) in [5.74, 6) is 0. The molecular formula is C54H43N2S3+3. The van der Waals surface area contributed by atoms with Crippen LogP contribution in [0.4, 0.5) is 22.7 Å². The third kappa shape index (κ3) is 9.19. The molecule has 59 heavy (non-hydrogen) atoms. The molecule has 284 valence electrons. The Bertz CT molecular complexity index is 2410. The molecule has 0 aliphatic carbocycles. The van der Waals surface area contributed by atoms with Gasteiger partial charge < -0.3 is 10.6 Å². The monoisotopic (exact) mass is 815 g/mol. The largest absolute Gasteiger partial charge is 0.356 e. The van der Waals surface area contributed by atoms with Crippen LogP contribution in [0.5, 0.6) is 0 Å². The summed E-state index contributed by atoms with van der Waals surface area (Å²) < 4.78 is 0. The normalized spacial score (nSPS) is 11.2. The molecule has 0 atom stereocenters. The van der Waals surface area contributed by atoms with Crippen LogP contribution in [0.1, 0.15) is 0 Å². The molecule has 0 saturated carbocycles. The first kappa shape index (κ1) is 38.2. The van der Waals surface area contributed by atoms with E-state index in [9.17, 15) is 0 Å². The highest BCUT2D eigenvalue weighted by atomic mass is 32.2. The maximum atomic E-state index is 3.65. The molecule has 9 rings (SSSR count). The van der Waals surface area contributed by atoms with Crippen molar-refractivity contribution in [2.24, 2.45) is 0 Å². The van der Waals surface area contributed by atoms with Crippen LogP contribution in [0.3, 0.4) is 0 Å². The Morgan fingerprint density at radius 2 is 0.322 bits per heavy atom. The van der Waals surface area contributed by atoms with Gasteiger partial charge in [0, 0.05) is 22.7 Å². The van der Waals surface area contributed by atoms with Crippen LogP contribution in [0.25, 0.3) is 0 Å². The van der Waals surface area contributed by atoms with E-state index in [1.54, 1.807) is 0 Å². The molecule has 5 heteroatoms. The van der Waals surface area contributed by atoms with Gasteiger partial charge in [-0.1, -0.05) is 91.0 Å². The first-order chi connectivity index (χ1) is 29.2. The van der Waals surface area contributed by atoms with Crippen LogP contribution in [0, 0.1) is 0 Å². The number of rotatable bonds is 13. The summed E-state index contributed by atoms with van der Waals surface area (Å²) in [6, 6.07) is 89.7. The fraction of sp³-hybridized carbons (Fsp3) is 0. The predicted molar refractivity (Wildman–Crippen MR) is 251 cm³/mol. The van der Waals surface area contributed by atoms with E-state index in [1.165, 1.54) is 44.1 Å². The van der Waals surface area contributed by atoms with Crippen LogP contribution in [0.15, 0.2) is 293 Å². The lowest BCUT2D eigenvalue weighted by atomic mass is 10.2. The van der Waals surface area contributed by atoms with Gasteiger partial charge in [-0.25, -0.2) is 0 Å². The predicted octanol–water partition coefficient (Wildman–Crippen LogP) is 14.5. The van der Waals surface area contributed by atoms with Gasteiger partial charge in [-0.05, 0) is 158 Å². The molecule has 0 amide bonds. The number of benzene rings is 9. The summed E-state index contributed by atoms with van der Waals surface area (Å²) in [5, 5.41) is 7.30. The zero-order chi connectivity index (χ0) is 39.6. The van der Waals surface area contributed by atoms with Crippen LogP contribution < -0.4 is 10.6 Å². The zero-order valence-corrected chi connectivity index (χ0v) is 34.8. The SMILES string of the molecule is c1ccc([S+](c2ccccc2)c2ccc(Nc3ccc([S+](c4ccccc4)c4ccc(Nc5ccc([S+](c6ccccc6)c6ccccc6)cc5)cc4)cc3)cc2)cc1.